The molecule has 3 aromatic heterocycles. The molecule has 1 aliphatic carbocycles. The summed E-state index contributed by atoms with van der Waals surface area (Å²) in [6.45, 7) is 0. The van der Waals surface area contributed by atoms with E-state index in [0.717, 1.165) is 23.4 Å². The first kappa shape index (κ1) is 12.9. The maximum atomic E-state index is 12.4. The average Bonchev–Trinajstić information content (AvgIpc) is 3.21. The molecule has 0 unspecified atom stereocenters. The number of benzene rings is 1. The number of aromatic amines is 1. The highest BCUT2D eigenvalue weighted by atomic mass is 32.1. The minimum Gasteiger partial charge on any atom is -0.265 e. The quantitative estimate of drug-likeness (QED) is 0.578. The average molecular weight is 324 g/mol. The van der Waals surface area contributed by atoms with Crippen LogP contribution in [-0.2, 0) is 12.8 Å². The minimum absolute atomic E-state index is 0.213. The van der Waals surface area contributed by atoms with E-state index in [2.05, 4.69) is 43.7 Å². The summed E-state index contributed by atoms with van der Waals surface area (Å²) in [4.78, 5) is 17.2. The molecule has 0 saturated heterocycles. The van der Waals surface area contributed by atoms with Crippen LogP contribution in [0.5, 0.6) is 0 Å². The third-order valence-electron chi connectivity index (χ3n) is 4.28. The summed E-state index contributed by atoms with van der Waals surface area (Å²) in [5, 5.41) is 15.4. The van der Waals surface area contributed by atoms with Gasteiger partial charge in [-0.2, -0.15) is 19.8 Å². The van der Waals surface area contributed by atoms with Gasteiger partial charge >= 0.3 is 5.56 Å². The maximum Gasteiger partial charge on any atom is 0.305 e. The van der Waals surface area contributed by atoms with Crippen LogP contribution in [0.2, 0.25) is 0 Å². The summed E-state index contributed by atoms with van der Waals surface area (Å²) in [5.41, 5.74) is 4.11. The lowest BCUT2D eigenvalue weighted by molar-refractivity contribution is 0.686. The Kier molecular flexibility index (Phi) is 2.63. The normalized spacial score (nSPS) is 14.4. The zero-order chi connectivity index (χ0) is 15.4. The van der Waals surface area contributed by atoms with E-state index in [4.69, 9.17) is 0 Å². The Morgan fingerprint density at radius 3 is 2.91 bits per heavy atom. The fraction of sp³-hybridized carbons (Fsp3) is 0.267. The number of aromatic nitrogens is 6. The molecule has 3 heterocycles. The van der Waals surface area contributed by atoms with E-state index in [0.29, 0.717) is 10.6 Å². The van der Waals surface area contributed by atoms with Gasteiger partial charge in [0.15, 0.2) is 5.52 Å². The summed E-state index contributed by atoms with van der Waals surface area (Å²) in [6.07, 6.45) is 4.77. The van der Waals surface area contributed by atoms with Crippen molar-refractivity contribution in [2.24, 2.45) is 0 Å². The summed E-state index contributed by atoms with van der Waals surface area (Å²) >= 11 is 1.39. The van der Waals surface area contributed by atoms with E-state index in [1.807, 2.05) is 0 Å². The Balaban J connectivity index is 1.71. The molecule has 1 aliphatic rings. The summed E-state index contributed by atoms with van der Waals surface area (Å²) < 4.78 is 1.31. The monoisotopic (exact) mass is 324 g/mol. The van der Waals surface area contributed by atoms with Crippen molar-refractivity contribution >= 4 is 27.5 Å². The topological polar surface area (TPSA) is 88.8 Å². The first-order valence-electron chi connectivity index (χ1n) is 7.52. The van der Waals surface area contributed by atoms with E-state index in [1.165, 1.54) is 39.8 Å². The van der Waals surface area contributed by atoms with Gasteiger partial charge in [0.25, 0.3) is 0 Å². The Morgan fingerprint density at radius 2 is 2.00 bits per heavy atom. The van der Waals surface area contributed by atoms with Crippen LogP contribution in [0.15, 0.2) is 23.0 Å². The number of nitrogens with zero attached hydrogens (tertiary/aromatic N) is 5. The lowest BCUT2D eigenvalue weighted by Gasteiger charge is -2.15. The number of fused-ring (bicyclic) bond motifs is 3. The van der Waals surface area contributed by atoms with Crippen molar-refractivity contribution in [1.82, 2.24) is 30.0 Å². The fourth-order valence-corrected chi connectivity index (χ4v) is 3.99. The summed E-state index contributed by atoms with van der Waals surface area (Å²) in [7, 11) is 0. The third kappa shape index (κ3) is 1.91. The predicted molar refractivity (Wildman–Crippen MR) is 86.7 cm³/mol. The predicted octanol–water partition coefficient (Wildman–Crippen LogP) is 1.97. The van der Waals surface area contributed by atoms with Crippen LogP contribution in [0, 0.1) is 0 Å². The summed E-state index contributed by atoms with van der Waals surface area (Å²) in [5.74, 6) is 0. The largest absolute Gasteiger partial charge is 0.305 e. The molecule has 0 aliphatic heterocycles. The van der Waals surface area contributed by atoms with Crippen molar-refractivity contribution < 1.29 is 0 Å². The molecule has 4 aromatic rings. The van der Waals surface area contributed by atoms with E-state index < -0.39 is 0 Å². The third-order valence-corrected chi connectivity index (χ3v) is 5.24. The standard InChI is InChI=1S/C15H12N6OS/c22-14-11-12(18-20-17-11)16-15-21(14)19-13(23-15)10-6-5-8-3-1-2-4-9(8)7-10/h5-7H,1-4H2,(H,17,18,20). The summed E-state index contributed by atoms with van der Waals surface area (Å²) in [6, 6.07) is 6.46. The lowest BCUT2D eigenvalue weighted by Crippen LogP contribution is -2.15. The van der Waals surface area contributed by atoms with Crippen LogP contribution in [0.1, 0.15) is 24.0 Å². The van der Waals surface area contributed by atoms with Gasteiger partial charge in [-0.25, -0.2) is 0 Å². The molecule has 5 rings (SSSR count). The van der Waals surface area contributed by atoms with Crippen molar-refractivity contribution in [1.29, 1.82) is 0 Å². The molecule has 1 N–H and O–H groups in total. The van der Waals surface area contributed by atoms with Gasteiger partial charge in [0, 0.05) is 5.56 Å². The fourth-order valence-electron chi connectivity index (χ4n) is 3.11. The highest BCUT2D eigenvalue weighted by Gasteiger charge is 2.16. The highest BCUT2D eigenvalue weighted by Crippen LogP contribution is 2.29. The van der Waals surface area contributed by atoms with Gasteiger partial charge in [-0.05, 0) is 42.9 Å². The molecule has 0 atom stereocenters. The van der Waals surface area contributed by atoms with Gasteiger partial charge in [-0.1, -0.05) is 23.5 Å². The van der Waals surface area contributed by atoms with Crippen LogP contribution in [-0.4, -0.2) is 30.0 Å². The molecular weight excluding hydrogens is 312 g/mol. The molecule has 23 heavy (non-hydrogen) atoms. The first-order chi connectivity index (χ1) is 11.3. The lowest BCUT2D eigenvalue weighted by atomic mass is 9.90. The van der Waals surface area contributed by atoms with Gasteiger partial charge in [0.2, 0.25) is 10.6 Å². The molecule has 0 amide bonds. The number of H-pyrrole nitrogens is 1. The van der Waals surface area contributed by atoms with E-state index >= 15 is 0 Å². The maximum absolute atomic E-state index is 12.4. The SMILES string of the molecule is O=c1c2n[nH]nc2nc2sc(-c3ccc4c(c3)CCCC4)nn12. The van der Waals surface area contributed by atoms with Crippen LogP contribution < -0.4 is 5.56 Å². The van der Waals surface area contributed by atoms with Crippen LogP contribution in [0.3, 0.4) is 0 Å². The second-order valence-electron chi connectivity index (χ2n) is 5.70. The molecule has 0 spiro atoms. The smallest absolute Gasteiger partial charge is 0.265 e. The number of hydrogen-bond acceptors (Lipinski definition) is 6. The van der Waals surface area contributed by atoms with Crippen LogP contribution >= 0.6 is 11.3 Å². The Bertz CT molecular complexity index is 1110. The second-order valence-corrected chi connectivity index (χ2v) is 6.66. The Hall–Kier alpha value is -2.61. The van der Waals surface area contributed by atoms with Gasteiger partial charge in [-0.15, -0.1) is 10.2 Å². The number of rotatable bonds is 1. The Morgan fingerprint density at radius 1 is 1.13 bits per heavy atom. The number of nitrogens with one attached hydrogen (secondary N) is 1. The highest BCUT2D eigenvalue weighted by molar-refractivity contribution is 7.19. The van der Waals surface area contributed by atoms with E-state index in [-0.39, 0.29) is 11.1 Å². The van der Waals surface area contributed by atoms with Crippen LogP contribution in [0.25, 0.3) is 26.7 Å². The van der Waals surface area contributed by atoms with Crippen molar-refractivity contribution in [2.75, 3.05) is 0 Å². The van der Waals surface area contributed by atoms with E-state index in [9.17, 15) is 4.79 Å². The zero-order valence-corrected chi connectivity index (χ0v) is 12.9. The van der Waals surface area contributed by atoms with Crippen LogP contribution in [0.4, 0.5) is 0 Å². The molecule has 0 radical (unpaired) electrons. The van der Waals surface area contributed by atoms with Crippen molar-refractivity contribution in [3.05, 3.63) is 39.7 Å². The molecular formula is C15H12N6OS. The zero-order valence-electron chi connectivity index (χ0n) is 12.1. The molecule has 7 nitrogen and oxygen atoms in total. The number of aryl methyl sites for hydroxylation is 2. The first-order valence-corrected chi connectivity index (χ1v) is 8.34. The minimum atomic E-state index is -0.292. The van der Waals surface area contributed by atoms with Crippen molar-refractivity contribution in [3.63, 3.8) is 0 Å². The van der Waals surface area contributed by atoms with Crippen molar-refractivity contribution in [3.8, 4) is 10.6 Å². The van der Waals surface area contributed by atoms with E-state index in [1.54, 1.807) is 0 Å². The van der Waals surface area contributed by atoms with Gasteiger partial charge in [0.1, 0.15) is 5.01 Å². The molecule has 0 fully saturated rings. The molecule has 1 aromatic carbocycles. The molecule has 114 valence electrons. The molecule has 0 saturated carbocycles. The van der Waals surface area contributed by atoms with Gasteiger partial charge in [0.05, 0.1) is 0 Å². The van der Waals surface area contributed by atoms with Crippen molar-refractivity contribution in [2.45, 2.75) is 25.7 Å². The molecule has 8 heteroatoms. The second kappa shape index (κ2) is 4.69. The number of hydrogen-bond donors (Lipinski definition) is 1. The van der Waals surface area contributed by atoms with Gasteiger partial charge in [-0.3, -0.25) is 4.79 Å². The Labute approximate surface area is 134 Å². The van der Waals surface area contributed by atoms with Gasteiger partial charge < -0.3 is 0 Å². The molecule has 0 bridgehead atoms.